The lowest BCUT2D eigenvalue weighted by molar-refractivity contribution is -0.130. The van der Waals surface area contributed by atoms with E-state index < -0.39 is 6.10 Å². The van der Waals surface area contributed by atoms with E-state index in [1.54, 1.807) is 11.8 Å². The molecule has 0 radical (unpaired) electrons. The highest BCUT2D eigenvalue weighted by molar-refractivity contribution is 7.99. The van der Waals surface area contributed by atoms with Crippen LogP contribution in [0.1, 0.15) is 18.9 Å². The number of rotatable bonds is 6. The van der Waals surface area contributed by atoms with E-state index in [4.69, 9.17) is 4.74 Å². The third-order valence-corrected chi connectivity index (χ3v) is 6.54. The number of anilines is 2. The van der Waals surface area contributed by atoms with Crippen LogP contribution in [0.15, 0.2) is 48.5 Å². The summed E-state index contributed by atoms with van der Waals surface area (Å²) in [6.45, 7) is 3.61. The lowest BCUT2D eigenvalue weighted by atomic mass is 10.1. The van der Waals surface area contributed by atoms with Gasteiger partial charge in [0.1, 0.15) is 5.75 Å². The van der Waals surface area contributed by atoms with Crippen molar-refractivity contribution in [3.63, 3.8) is 0 Å². The average molecular weight is 454 g/mol. The van der Waals surface area contributed by atoms with Gasteiger partial charge in [-0.05, 0) is 36.8 Å². The van der Waals surface area contributed by atoms with Gasteiger partial charge in [0.15, 0.2) is 6.10 Å². The predicted octanol–water partition coefficient (Wildman–Crippen LogP) is 2.95. The summed E-state index contributed by atoms with van der Waals surface area (Å²) < 4.78 is 5.63. The molecule has 0 spiro atoms. The van der Waals surface area contributed by atoms with Crippen LogP contribution in [0, 0.1) is 0 Å². The van der Waals surface area contributed by atoms with Crippen molar-refractivity contribution in [1.29, 1.82) is 0 Å². The van der Waals surface area contributed by atoms with Gasteiger partial charge in [0, 0.05) is 43.2 Å². The molecule has 168 valence electrons. The topological polar surface area (TPSA) is 79.0 Å². The van der Waals surface area contributed by atoms with Crippen LogP contribution in [0.25, 0.3) is 0 Å². The molecule has 7 nitrogen and oxygen atoms in total. The molecule has 0 aromatic heterocycles. The number of thioether (sulfide) groups is 1. The van der Waals surface area contributed by atoms with Crippen LogP contribution in [-0.4, -0.2) is 59.9 Å². The Morgan fingerprint density at radius 3 is 2.56 bits per heavy atom. The molecule has 0 saturated carbocycles. The Balaban J connectivity index is 1.30. The number of carbonyl (C=O) groups excluding carboxylic acids is 3. The van der Waals surface area contributed by atoms with Crippen molar-refractivity contribution in [2.45, 2.75) is 25.9 Å². The Morgan fingerprint density at radius 1 is 1.09 bits per heavy atom. The van der Waals surface area contributed by atoms with Gasteiger partial charge in [0.05, 0.1) is 12.1 Å². The van der Waals surface area contributed by atoms with Crippen LogP contribution >= 0.6 is 11.8 Å². The Morgan fingerprint density at radius 2 is 1.81 bits per heavy atom. The number of nitrogens with one attached hydrogen (secondary N) is 1. The fraction of sp³-hybridized carbons (Fsp3) is 0.375. The van der Waals surface area contributed by atoms with Gasteiger partial charge in [-0.1, -0.05) is 24.3 Å². The number of benzene rings is 2. The summed E-state index contributed by atoms with van der Waals surface area (Å²) in [7, 11) is 0. The molecule has 1 fully saturated rings. The molecule has 2 aliphatic rings. The number of ether oxygens (including phenoxy) is 1. The van der Waals surface area contributed by atoms with Crippen LogP contribution in [0.3, 0.4) is 0 Å². The maximum atomic E-state index is 12.5. The van der Waals surface area contributed by atoms with Crippen molar-refractivity contribution < 1.29 is 19.1 Å². The van der Waals surface area contributed by atoms with E-state index in [0.717, 1.165) is 30.2 Å². The van der Waals surface area contributed by atoms with Crippen molar-refractivity contribution >= 4 is 40.9 Å². The second-order valence-electron chi connectivity index (χ2n) is 7.88. The minimum Gasteiger partial charge on any atom is -0.479 e. The van der Waals surface area contributed by atoms with Crippen LogP contribution < -0.4 is 15.0 Å². The van der Waals surface area contributed by atoms with Gasteiger partial charge in [-0.15, -0.1) is 0 Å². The fourth-order valence-corrected chi connectivity index (χ4v) is 4.73. The second-order valence-corrected chi connectivity index (χ2v) is 9.11. The molecule has 3 amide bonds. The Hall–Kier alpha value is -3.00. The molecule has 1 saturated heterocycles. The molecule has 2 aromatic carbocycles. The smallest absolute Gasteiger partial charge is 0.267 e. The van der Waals surface area contributed by atoms with Crippen molar-refractivity contribution in [3.8, 4) is 5.75 Å². The van der Waals surface area contributed by atoms with Crippen LogP contribution in [0.4, 0.5) is 11.4 Å². The zero-order valence-electron chi connectivity index (χ0n) is 18.1. The Labute approximate surface area is 192 Å². The molecule has 1 unspecified atom stereocenters. The first-order chi connectivity index (χ1) is 15.5. The summed E-state index contributed by atoms with van der Waals surface area (Å²) >= 11 is 1.88. The van der Waals surface area contributed by atoms with Crippen molar-refractivity contribution in [3.05, 3.63) is 54.1 Å². The molecule has 2 aromatic rings. The Bertz CT molecular complexity index is 989. The summed E-state index contributed by atoms with van der Waals surface area (Å²) in [6.07, 6.45) is -0.0396. The predicted molar refractivity (Wildman–Crippen MR) is 126 cm³/mol. The largest absolute Gasteiger partial charge is 0.479 e. The van der Waals surface area contributed by atoms with Crippen LogP contribution in [-0.2, 0) is 20.8 Å². The molecule has 0 bridgehead atoms. The zero-order chi connectivity index (χ0) is 22.5. The van der Waals surface area contributed by atoms with Crippen molar-refractivity contribution in [1.82, 2.24) is 4.90 Å². The molecule has 1 atom stereocenters. The number of para-hydroxylation sites is 2. The fourth-order valence-electron chi connectivity index (χ4n) is 3.83. The van der Waals surface area contributed by atoms with Gasteiger partial charge >= 0.3 is 0 Å². The standard InChI is InChI=1S/C24H27N3O4S/c1-17-24(30)27(20-4-2-3-5-21(20)31-17)11-10-22(28)25-19-8-6-18(7-9-19)16-23(29)26-12-14-32-15-13-26/h2-9,17H,10-16H2,1H3,(H,25,28). The first-order valence-corrected chi connectivity index (χ1v) is 12.0. The molecule has 0 aliphatic carbocycles. The van der Waals surface area contributed by atoms with E-state index in [1.807, 2.05) is 65.2 Å². The first-order valence-electron chi connectivity index (χ1n) is 10.8. The van der Waals surface area contributed by atoms with E-state index in [-0.39, 0.29) is 30.7 Å². The third-order valence-electron chi connectivity index (χ3n) is 5.59. The number of carbonyl (C=O) groups is 3. The highest BCUT2D eigenvalue weighted by Gasteiger charge is 2.31. The van der Waals surface area contributed by atoms with E-state index in [1.165, 1.54) is 0 Å². The molecule has 8 heteroatoms. The maximum absolute atomic E-state index is 12.5. The molecule has 2 heterocycles. The quantitative estimate of drug-likeness (QED) is 0.728. The molecule has 2 aliphatic heterocycles. The van der Waals surface area contributed by atoms with Gasteiger partial charge < -0.3 is 19.9 Å². The first kappa shape index (κ1) is 22.2. The van der Waals surface area contributed by atoms with Gasteiger partial charge in [-0.2, -0.15) is 11.8 Å². The van der Waals surface area contributed by atoms with Crippen LogP contribution in [0.2, 0.25) is 0 Å². The minimum atomic E-state index is -0.577. The molecule has 32 heavy (non-hydrogen) atoms. The third kappa shape index (κ3) is 5.24. The summed E-state index contributed by atoms with van der Waals surface area (Å²) in [5.41, 5.74) is 2.28. The zero-order valence-corrected chi connectivity index (χ0v) is 18.9. The van der Waals surface area contributed by atoms with Gasteiger partial charge in [-0.25, -0.2) is 0 Å². The van der Waals surface area contributed by atoms with E-state index >= 15 is 0 Å². The molecular weight excluding hydrogens is 426 g/mol. The van der Waals surface area contributed by atoms with Crippen molar-refractivity contribution in [2.24, 2.45) is 0 Å². The second kappa shape index (κ2) is 10.1. The minimum absolute atomic E-state index is 0.145. The summed E-state index contributed by atoms with van der Waals surface area (Å²) in [4.78, 5) is 40.9. The van der Waals surface area contributed by atoms with Gasteiger partial charge in [0.25, 0.3) is 5.91 Å². The summed E-state index contributed by atoms with van der Waals surface area (Å²) in [6, 6.07) is 14.7. The van der Waals surface area contributed by atoms with E-state index in [2.05, 4.69) is 5.32 Å². The summed E-state index contributed by atoms with van der Waals surface area (Å²) in [5, 5.41) is 2.87. The Kier molecular flexibility index (Phi) is 6.99. The number of hydrogen-bond acceptors (Lipinski definition) is 5. The molecule has 4 rings (SSSR count). The van der Waals surface area contributed by atoms with Gasteiger partial charge in [0.2, 0.25) is 11.8 Å². The molecule has 1 N–H and O–H groups in total. The normalized spacial score (nSPS) is 18.0. The van der Waals surface area contributed by atoms with E-state index in [9.17, 15) is 14.4 Å². The highest BCUT2D eigenvalue weighted by Crippen LogP contribution is 2.33. The lowest BCUT2D eigenvalue weighted by Gasteiger charge is -2.32. The van der Waals surface area contributed by atoms with Crippen LogP contribution in [0.5, 0.6) is 5.75 Å². The monoisotopic (exact) mass is 453 g/mol. The van der Waals surface area contributed by atoms with Gasteiger partial charge in [-0.3, -0.25) is 14.4 Å². The summed E-state index contributed by atoms with van der Waals surface area (Å²) in [5.74, 6) is 2.45. The number of amides is 3. The van der Waals surface area contributed by atoms with Crippen molar-refractivity contribution in [2.75, 3.05) is 41.4 Å². The average Bonchev–Trinajstić information content (AvgIpc) is 2.81. The SMILES string of the molecule is CC1Oc2ccccc2N(CCC(=O)Nc2ccc(CC(=O)N3CCSCC3)cc2)C1=O. The number of nitrogens with zero attached hydrogens (tertiary/aromatic N) is 2. The molecular formula is C24H27N3O4S. The number of fused-ring (bicyclic) bond motifs is 1. The maximum Gasteiger partial charge on any atom is 0.267 e. The lowest BCUT2D eigenvalue weighted by Crippen LogP contribution is -2.45. The van der Waals surface area contributed by atoms with E-state index in [0.29, 0.717) is 23.5 Å². The number of hydrogen-bond donors (Lipinski definition) is 1. The highest BCUT2D eigenvalue weighted by atomic mass is 32.2.